The molecule has 7 rings (SSSR count). The molecule has 1 N–H and O–H groups in total. The second-order valence-corrected chi connectivity index (χ2v) is 15.2. The third kappa shape index (κ3) is 13.6. The van der Waals surface area contributed by atoms with E-state index in [1.807, 2.05) is 152 Å². The van der Waals surface area contributed by atoms with E-state index in [0.717, 1.165) is 33.9 Å². The molecular formula is C50H51N3O11. The molecule has 0 bridgehead atoms. The maximum absolute atomic E-state index is 12.5. The molecule has 0 spiro atoms. The third-order valence-corrected chi connectivity index (χ3v) is 10.5. The number of ether oxygens (including phenoxy) is 7. The average molecular weight is 870 g/mol. The molecule has 14 nitrogen and oxygen atoms in total. The van der Waals surface area contributed by atoms with Crippen molar-refractivity contribution in [1.29, 1.82) is 0 Å². The van der Waals surface area contributed by atoms with Crippen molar-refractivity contribution in [1.82, 2.24) is 0 Å². The highest BCUT2D eigenvalue weighted by Crippen LogP contribution is 2.35. The van der Waals surface area contributed by atoms with Crippen molar-refractivity contribution in [2.45, 2.75) is 69.8 Å². The zero-order valence-electron chi connectivity index (χ0n) is 35.2. The lowest BCUT2D eigenvalue weighted by molar-refractivity contribution is -0.393. The summed E-state index contributed by atoms with van der Waals surface area (Å²) < 4.78 is 46.0. The van der Waals surface area contributed by atoms with Gasteiger partial charge in [0.15, 0.2) is 6.29 Å². The van der Waals surface area contributed by atoms with Crippen molar-refractivity contribution in [3.8, 4) is 0 Å². The molecule has 0 aliphatic carbocycles. The minimum absolute atomic E-state index is 0.00484. The summed E-state index contributed by atoms with van der Waals surface area (Å²) in [7, 11) is 0. The minimum atomic E-state index is -1.16. The Morgan fingerprint density at radius 2 is 1.02 bits per heavy atom. The van der Waals surface area contributed by atoms with Crippen molar-refractivity contribution in [2.75, 3.05) is 25.1 Å². The fourth-order valence-electron chi connectivity index (χ4n) is 7.24. The lowest BCUT2D eigenvalue weighted by Gasteiger charge is -2.46. The van der Waals surface area contributed by atoms with Gasteiger partial charge in [0.05, 0.1) is 68.8 Å². The molecule has 0 unspecified atom stereocenters. The largest absolute Gasteiger partial charge is 0.374 e. The van der Waals surface area contributed by atoms with Crippen LogP contribution in [0.3, 0.4) is 0 Å². The molecular weight excluding hydrogens is 819 g/mol. The van der Waals surface area contributed by atoms with Crippen LogP contribution in [0.25, 0.3) is 0 Å². The number of hydrogen-bond acceptors (Lipinski definition) is 12. The van der Waals surface area contributed by atoms with Crippen LogP contribution in [0.2, 0.25) is 0 Å². The Bertz CT molecular complexity index is 2310. The van der Waals surface area contributed by atoms with E-state index in [9.17, 15) is 20.2 Å². The first kappa shape index (κ1) is 45.7. The number of rotatable bonds is 24. The molecule has 1 fully saturated rings. The molecule has 0 saturated carbocycles. The normalized spacial score (nSPS) is 18.8. The van der Waals surface area contributed by atoms with Crippen LogP contribution in [0, 0.1) is 20.2 Å². The lowest BCUT2D eigenvalue weighted by Crippen LogP contribution is -2.63. The molecule has 6 atom stereocenters. The van der Waals surface area contributed by atoms with Gasteiger partial charge in [-0.05, 0) is 33.9 Å². The standard InChI is InChI=1S/C50H51N3O11/c54-52(55)42-26-27-44(45(28-42)53(56)57)51-47-49(62-33-41-24-14-5-15-25-41)48(61-32-40-22-12-4-13-23-40)46(36-59-30-38-18-8-2-9-19-38)64-50(47)63-35-43(60-31-39-20-10-3-11-21-39)34-58-29-37-16-6-1-7-17-37/h1-28,43,46-51H,29-36H2/t43-,46-,47-,48-,49-,50-/m1/s1. The van der Waals surface area contributed by atoms with Gasteiger partial charge < -0.3 is 38.5 Å². The van der Waals surface area contributed by atoms with Crippen molar-refractivity contribution < 1.29 is 43.0 Å². The summed E-state index contributed by atoms with van der Waals surface area (Å²) in [5, 5.41) is 27.5. The van der Waals surface area contributed by atoms with Gasteiger partial charge in [0, 0.05) is 6.07 Å². The van der Waals surface area contributed by atoms with Crippen LogP contribution < -0.4 is 5.32 Å². The summed E-state index contributed by atoms with van der Waals surface area (Å²) in [4.78, 5) is 22.9. The number of benzene rings is 6. The van der Waals surface area contributed by atoms with Crippen LogP contribution in [-0.2, 0) is 66.2 Å². The predicted octanol–water partition coefficient (Wildman–Crippen LogP) is 9.21. The molecule has 6 aromatic carbocycles. The first-order valence-corrected chi connectivity index (χ1v) is 21.1. The second-order valence-electron chi connectivity index (χ2n) is 15.2. The van der Waals surface area contributed by atoms with Gasteiger partial charge in [-0.25, -0.2) is 0 Å². The van der Waals surface area contributed by atoms with E-state index in [4.69, 9.17) is 33.2 Å². The molecule has 6 aromatic rings. The van der Waals surface area contributed by atoms with E-state index >= 15 is 0 Å². The molecule has 1 heterocycles. The van der Waals surface area contributed by atoms with Crippen LogP contribution in [0.1, 0.15) is 27.8 Å². The zero-order valence-corrected chi connectivity index (χ0v) is 35.2. The van der Waals surface area contributed by atoms with Crippen LogP contribution in [0.4, 0.5) is 17.1 Å². The quantitative estimate of drug-likeness (QED) is 0.0454. The van der Waals surface area contributed by atoms with Gasteiger partial charge in [-0.3, -0.25) is 20.2 Å². The number of nitro groups is 2. The van der Waals surface area contributed by atoms with Crippen LogP contribution in [0.5, 0.6) is 0 Å². The fraction of sp³-hybridized carbons (Fsp3) is 0.280. The molecule has 1 aliphatic heterocycles. The summed E-state index contributed by atoms with van der Waals surface area (Å²) in [6.07, 6.45) is -4.25. The van der Waals surface area contributed by atoms with Crippen LogP contribution in [-0.4, -0.2) is 66.4 Å². The van der Waals surface area contributed by atoms with Gasteiger partial charge in [0.25, 0.3) is 11.4 Å². The highest BCUT2D eigenvalue weighted by atomic mass is 16.7. The number of nitro benzene ring substituents is 2. The maximum atomic E-state index is 12.5. The SMILES string of the molecule is O=[N+]([O-])c1ccc(N[C@H]2[C@H](OC[C@@H](COCc3ccccc3)OCc3ccccc3)O[C@H](COCc3ccccc3)[C@@H](OCc3ccccc3)[C@@H]2OCc2ccccc2)c([N+](=O)[O-])c1. The van der Waals surface area contributed by atoms with E-state index in [-0.39, 0.29) is 51.9 Å². The van der Waals surface area contributed by atoms with Gasteiger partial charge in [-0.1, -0.05) is 152 Å². The Balaban J connectivity index is 1.23. The van der Waals surface area contributed by atoms with Crippen molar-refractivity contribution in [3.63, 3.8) is 0 Å². The second kappa shape index (κ2) is 23.9. The molecule has 332 valence electrons. The van der Waals surface area contributed by atoms with Crippen molar-refractivity contribution >= 4 is 17.1 Å². The van der Waals surface area contributed by atoms with E-state index in [2.05, 4.69) is 5.32 Å². The zero-order chi connectivity index (χ0) is 44.4. The van der Waals surface area contributed by atoms with Crippen molar-refractivity contribution in [3.05, 3.63) is 218 Å². The van der Waals surface area contributed by atoms with Crippen LogP contribution in [0.15, 0.2) is 170 Å². The van der Waals surface area contributed by atoms with Gasteiger partial charge in [0.2, 0.25) is 0 Å². The fourth-order valence-corrected chi connectivity index (χ4v) is 7.24. The maximum Gasteiger partial charge on any atom is 0.299 e. The molecule has 0 aromatic heterocycles. The highest BCUT2D eigenvalue weighted by Gasteiger charge is 2.49. The Hall–Kier alpha value is -6.36. The highest BCUT2D eigenvalue weighted by molar-refractivity contribution is 5.66. The monoisotopic (exact) mass is 869 g/mol. The first-order chi connectivity index (χ1) is 31.4. The van der Waals surface area contributed by atoms with Gasteiger partial charge in [-0.2, -0.15) is 0 Å². The molecule has 64 heavy (non-hydrogen) atoms. The number of nitrogens with one attached hydrogen (secondary N) is 1. The van der Waals surface area contributed by atoms with Gasteiger partial charge in [0.1, 0.15) is 36.1 Å². The molecule has 0 radical (unpaired) electrons. The molecule has 1 saturated heterocycles. The Morgan fingerprint density at radius 1 is 0.531 bits per heavy atom. The van der Waals surface area contributed by atoms with E-state index in [1.54, 1.807) is 0 Å². The van der Waals surface area contributed by atoms with Crippen LogP contribution >= 0.6 is 0 Å². The number of anilines is 1. The molecule has 14 heteroatoms. The Kier molecular flexibility index (Phi) is 17.1. The summed E-state index contributed by atoms with van der Waals surface area (Å²) in [5.74, 6) is 0. The number of nitrogens with zero attached hydrogens (tertiary/aromatic N) is 2. The summed E-state index contributed by atoms with van der Waals surface area (Å²) in [6, 6.07) is 50.9. The smallest absolute Gasteiger partial charge is 0.299 e. The summed E-state index contributed by atoms with van der Waals surface area (Å²) >= 11 is 0. The first-order valence-electron chi connectivity index (χ1n) is 21.1. The van der Waals surface area contributed by atoms with Crippen molar-refractivity contribution in [2.24, 2.45) is 0 Å². The molecule has 1 aliphatic rings. The molecule has 0 amide bonds. The lowest BCUT2D eigenvalue weighted by atomic mass is 9.95. The van der Waals surface area contributed by atoms with Gasteiger partial charge >= 0.3 is 0 Å². The topological polar surface area (TPSA) is 163 Å². The Morgan fingerprint density at radius 3 is 1.53 bits per heavy atom. The third-order valence-electron chi connectivity index (χ3n) is 10.5. The van der Waals surface area contributed by atoms with E-state index in [0.29, 0.717) is 6.61 Å². The average Bonchev–Trinajstić information content (AvgIpc) is 3.33. The summed E-state index contributed by atoms with van der Waals surface area (Å²) in [6.45, 7) is 1.44. The van der Waals surface area contributed by atoms with E-state index in [1.165, 1.54) is 12.1 Å². The number of hydrogen-bond donors (Lipinski definition) is 1. The predicted molar refractivity (Wildman–Crippen MR) is 239 cm³/mol. The minimum Gasteiger partial charge on any atom is -0.374 e. The Labute approximate surface area is 371 Å². The van der Waals surface area contributed by atoms with Gasteiger partial charge in [-0.15, -0.1) is 0 Å². The number of non-ortho nitro benzene ring substituents is 1. The summed E-state index contributed by atoms with van der Waals surface area (Å²) in [5.41, 5.74) is 3.73. The van der Waals surface area contributed by atoms with E-state index < -0.39 is 58.0 Å².